The molecule has 1 aliphatic heterocycles. The van der Waals surface area contributed by atoms with Crippen LogP contribution in [0.25, 0.3) is 11.3 Å². The molecule has 2 N–H and O–H groups in total. The van der Waals surface area contributed by atoms with Crippen LogP contribution in [0, 0.1) is 5.92 Å². The normalized spacial score (nSPS) is 17.4. The van der Waals surface area contributed by atoms with Crippen molar-refractivity contribution in [1.29, 1.82) is 0 Å². The second-order valence-electron chi connectivity index (χ2n) is 5.61. The van der Waals surface area contributed by atoms with Crippen molar-refractivity contribution < 1.29 is 9.47 Å². The molecule has 0 spiro atoms. The van der Waals surface area contributed by atoms with Crippen LogP contribution in [0.4, 0.5) is 5.82 Å². The van der Waals surface area contributed by atoms with Gasteiger partial charge in [0.2, 0.25) is 0 Å². The zero-order valence-corrected chi connectivity index (χ0v) is 12.7. The number of nitrogens with two attached hydrogens (primary N) is 1. The number of rotatable bonds is 3. The zero-order chi connectivity index (χ0) is 15.0. The van der Waals surface area contributed by atoms with Gasteiger partial charge in [0.05, 0.1) is 14.2 Å². The Bertz CT molecular complexity index is 642. The molecule has 0 saturated carbocycles. The van der Waals surface area contributed by atoms with Crippen LogP contribution in [-0.2, 0) is 13.0 Å². The molecule has 1 unspecified atom stereocenters. The molecule has 2 heterocycles. The molecule has 0 saturated heterocycles. The van der Waals surface area contributed by atoms with Crippen molar-refractivity contribution in [2.75, 3.05) is 20.0 Å². The largest absolute Gasteiger partial charge is 0.497 e. The standard InChI is InChI=1S/C16H21N3O2/c1-10-4-5-19-14(6-10)18-15(16(19)17)11-7-12(20-2)9-13(8-11)21-3/h7-10H,4-6,17H2,1-3H3. The Labute approximate surface area is 124 Å². The van der Waals surface area contributed by atoms with Crippen molar-refractivity contribution >= 4 is 5.82 Å². The van der Waals surface area contributed by atoms with Gasteiger partial charge in [0, 0.05) is 24.6 Å². The number of hydrogen-bond donors (Lipinski definition) is 1. The molecular weight excluding hydrogens is 266 g/mol. The number of methoxy groups -OCH3 is 2. The average Bonchev–Trinajstić information content (AvgIpc) is 2.83. The van der Waals surface area contributed by atoms with Crippen molar-refractivity contribution in [3.8, 4) is 22.8 Å². The predicted molar refractivity (Wildman–Crippen MR) is 82.7 cm³/mol. The van der Waals surface area contributed by atoms with Crippen molar-refractivity contribution in [2.24, 2.45) is 5.92 Å². The minimum atomic E-state index is 0.659. The summed E-state index contributed by atoms with van der Waals surface area (Å²) in [7, 11) is 3.28. The third-order valence-corrected chi connectivity index (χ3v) is 4.09. The highest BCUT2D eigenvalue weighted by Gasteiger charge is 2.22. The average molecular weight is 287 g/mol. The van der Waals surface area contributed by atoms with Gasteiger partial charge in [-0.15, -0.1) is 0 Å². The van der Waals surface area contributed by atoms with Crippen molar-refractivity contribution in [3.05, 3.63) is 24.0 Å². The third kappa shape index (κ3) is 2.44. The van der Waals surface area contributed by atoms with Crippen LogP contribution in [0.5, 0.6) is 11.5 Å². The molecule has 21 heavy (non-hydrogen) atoms. The predicted octanol–water partition coefficient (Wildman–Crippen LogP) is 2.73. The molecule has 5 heteroatoms. The van der Waals surface area contributed by atoms with E-state index in [0.717, 1.165) is 53.8 Å². The van der Waals surface area contributed by atoms with E-state index in [-0.39, 0.29) is 0 Å². The van der Waals surface area contributed by atoms with Crippen molar-refractivity contribution in [3.63, 3.8) is 0 Å². The molecule has 0 radical (unpaired) electrons. The lowest BCUT2D eigenvalue weighted by Gasteiger charge is -2.20. The maximum Gasteiger partial charge on any atom is 0.131 e. The first kappa shape index (κ1) is 13.8. The molecule has 1 aromatic heterocycles. The van der Waals surface area contributed by atoms with Gasteiger partial charge in [-0.1, -0.05) is 6.92 Å². The molecule has 5 nitrogen and oxygen atoms in total. The maximum absolute atomic E-state index is 6.30. The Morgan fingerprint density at radius 2 is 1.86 bits per heavy atom. The third-order valence-electron chi connectivity index (χ3n) is 4.09. The number of fused-ring (bicyclic) bond motifs is 1. The molecule has 0 bridgehead atoms. The molecule has 3 rings (SSSR count). The number of aromatic nitrogens is 2. The summed E-state index contributed by atoms with van der Waals surface area (Å²) in [4.78, 5) is 4.75. The molecule has 1 aromatic carbocycles. The van der Waals surface area contributed by atoms with Gasteiger partial charge in [-0.05, 0) is 24.5 Å². The second-order valence-corrected chi connectivity index (χ2v) is 5.61. The summed E-state index contributed by atoms with van der Waals surface area (Å²) in [6, 6.07) is 5.73. The van der Waals surface area contributed by atoms with Gasteiger partial charge in [-0.2, -0.15) is 0 Å². The topological polar surface area (TPSA) is 62.3 Å². The number of nitrogen functional groups attached to an aromatic ring is 1. The number of nitrogens with zero attached hydrogens (tertiary/aromatic N) is 2. The van der Waals surface area contributed by atoms with E-state index >= 15 is 0 Å². The van der Waals surface area contributed by atoms with E-state index in [9.17, 15) is 0 Å². The van der Waals surface area contributed by atoms with E-state index in [0.29, 0.717) is 5.92 Å². The van der Waals surface area contributed by atoms with Gasteiger partial charge in [-0.25, -0.2) is 4.98 Å². The van der Waals surface area contributed by atoms with Crippen molar-refractivity contribution in [2.45, 2.75) is 26.3 Å². The summed E-state index contributed by atoms with van der Waals surface area (Å²) in [5, 5.41) is 0. The summed E-state index contributed by atoms with van der Waals surface area (Å²) >= 11 is 0. The minimum absolute atomic E-state index is 0.659. The van der Waals surface area contributed by atoms with Crippen LogP contribution in [0.3, 0.4) is 0 Å². The summed E-state index contributed by atoms with van der Waals surface area (Å²) in [5.74, 6) is 3.94. The highest BCUT2D eigenvalue weighted by atomic mass is 16.5. The number of benzene rings is 1. The highest BCUT2D eigenvalue weighted by molar-refractivity contribution is 5.73. The fraction of sp³-hybridized carbons (Fsp3) is 0.438. The first-order valence-corrected chi connectivity index (χ1v) is 7.20. The molecule has 112 valence electrons. The molecule has 1 atom stereocenters. The molecule has 2 aromatic rings. The first-order chi connectivity index (χ1) is 10.1. The molecule has 0 aliphatic carbocycles. The van der Waals surface area contributed by atoms with Gasteiger partial charge in [-0.3, -0.25) is 0 Å². The smallest absolute Gasteiger partial charge is 0.131 e. The van der Waals surface area contributed by atoms with E-state index in [1.54, 1.807) is 14.2 Å². The fourth-order valence-corrected chi connectivity index (χ4v) is 2.84. The number of anilines is 1. The highest BCUT2D eigenvalue weighted by Crippen LogP contribution is 2.35. The summed E-state index contributed by atoms with van der Waals surface area (Å²) < 4.78 is 12.8. The van der Waals surface area contributed by atoms with Gasteiger partial charge in [0.15, 0.2) is 0 Å². The van der Waals surface area contributed by atoms with Crippen LogP contribution in [-0.4, -0.2) is 23.8 Å². The monoisotopic (exact) mass is 287 g/mol. The van der Waals surface area contributed by atoms with Crippen LogP contribution < -0.4 is 15.2 Å². The number of imidazole rings is 1. The van der Waals surface area contributed by atoms with E-state index in [1.165, 1.54) is 0 Å². The summed E-state index contributed by atoms with van der Waals surface area (Å²) in [5.41, 5.74) is 8.05. The molecule has 0 fully saturated rings. The SMILES string of the molecule is COc1cc(OC)cc(-c2nc3n(c2N)CCC(C)C3)c1. The Kier molecular flexibility index (Phi) is 3.49. The number of hydrogen-bond acceptors (Lipinski definition) is 4. The van der Waals surface area contributed by atoms with Gasteiger partial charge >= 0.3 is 0 Å². The molecule has 1 aliphatic rings. The Morgan fingerprint density at radius 3 is 2.48 bits per heavy atom. The minimum Gasteiger partial charge on any atom is -0.497 e. The zero-order valence-electron chi connectivity index (χ0n) is 12.7. The molecule has 0 amide bonds. The quantitative estimate of drug-likeness (QED) is 0.943. The van der Waals surface area contributed by atoms with E-state index in [1.807, 2.05) is 18.2 Å². The van der Waals surface area contributed by atoms with Crippen LogP contribution in [0.1, 0.15) is 19.2 Å². The van der Waals surface area contributed by atoms with Gasteiger partial charge in [0.1, 0.15) is 28.8 Å². The second kappa shape index (κ2) is 5.31. The van der Waals surface area contributed by atoms with Gasteiger partial charge < -0.3 is 19.8 Å². The molecular formula is C16H21N3O2. The van der Waals surface area contributed by atoms with E-state index in [2.05, 4.69) is 11.5 Å². The Morgan fingerprint density at radius 1 is 1.19 bits per heavy atom. The summed E-state index contributed by atoms with van der Waals surface area (Å²) in [6.45, 7) is 3.19. The fourth-order valence-electron chi connectivity index (χ4n) is 2.84. The van der Waals surface area contributed by atoms with Crippen LogP contribution in [0.15, 0.2) is 18.2 Å². The number of ether oxygens (including phenoxy) is 2. The van der Waals surface area contributed by atoms with E-state index in [4.69, 9.17) is 20.2 Å². The summed E-state index contributed by atoms with van der Waals surface area (Å²) in [6.07, 6.45) is 2.12. The van der Waals surface area contributed by atoms with Crippen molar-refractivity contribution in [1.82, 2.24) is 9.55 Å². The van der Waals surface area contributed by atoms with E-state index < -0.39 is 0 Å². The Balaban J connectivity index is 2.08. The van der Waals surface area contributed by atoms with Crippen LogP contribution >= 0.6 is 0 Å². The lowest BCUT2D eigenvalue weighted by atomic mass is 10.0. The first-order valence-electron chi connectivity index (χ1n) is 7.20. The van der Waals surface area contributed by atoms with Crippen LogP contribution in [0.2, 0.25) is 0 Å². The van der Waals surface area contributed by atoms with Gasteiger partial charge in [0.25, 0.3) is 0 Å². The lowest BCUT2D eigenvalue weighted by molar-refractivity contribution is 0.394. The Hall–Kier alpha value is -2.17. The lowest BCUT2D eigenvalue weighted by Crippen LogP contribution is -2.18. The maximum atomic E-state index is 6.30.